The van der Waals surface area contributed by atoms with Crippen molar-refractivity contribution in [2.75, 3.05) is 6.54 Å². The Kier molecular flexibility index (Phi) is 6.41. The highest BCUT2D eigenvalue weighted by Gasteiger charge is 2.30. The molecule has 0 radical (unpaired) electrons. The molecule has 1 nitrogen and oxygen atoms in total. The maximum atomic E-state index is 3.68. The van der Waals surface area contributed by atoms with Gasteiger partial charge in [-0.15, -0.1) is 0 Å². The molecule has 1 N–H and O–H groups in total. The third kappa shape index (κ3) is 4.86. The van der Waals surface area contributed by atoms with Crippen LogP contribution in [0.15, 0.2) is 0 Å². The van der Waals surface area contributed by atoms with Crippen LogP contribution in [-0.4, -0.2) is 12.6 Å². The lowest BCUT2D eigenvalue weighted by atomic mass is 9.70. The summed E-state index contributed by atoms with van der Waals surface area (Å²) in [7, 11) is 0. The first kappa shape index (κ1) is 14.0. The molecule has 1 aliphatic carbocycles. The van der Waals surface area contributed by atoms with E-state index < -0.39 is 0 Å². The van der Waals surface area contributed by atoms with Crippen molar-refractivity contribution in [3.63, 3.8) is 0 Å². The molecule has 0 bridgehead atoms. The molecule has 1 saturated carbocycles. The van der Waals surface area contributed by atoms with Crippen LogP contribution in [0.3, 0.4) is 0 Å². The molecular formula is C15H31N. The van der Waals surface area contributed by atoms with Crippen LogP contribution in [0.5, 0.6) is 0 Å². The van der Waals surface area contributed by atoms with Crippen LogP contribution in [0.25, 0.3) is 0 Å². The van der Waals surface area contributed by atoms with E-state index in [1.807, 2.05) is 0 Å². The normalized spacial score (nSPS) is 20.2. The van der Waals surface area contributed by atoms with Gasteiger partial charge in [0, 0.05) is 12.6 Å². The second-order valence-electron chi connectivity index (χ2n) is 6.05. The molecule has 1 fully saturated rings. The molecule has 16 heavy (non-hydrogen) atoms. The summed E-state index contributed by atoms with van der Waals surface area (Å²) in [6, 6.07) is 0.643. The summed E-state index contributed by atoms with van der Waals surface area (Å²) >= 11 is 0. The molecule has 1 heteroatoms. The van der Waals surface area contributed by atoms with E-state index in [1.165, 1.54) is 64.3 Å². The van der Waals surface area contributed by atoms with E-state index in [1.54, 1.807) is 0 Å². The zero-order valence-electron chi connectivity index (χ0n) is 11.6. The number of rotatable bonds is 7. The largest absolute Gasteiger partial charge is 0.314 e. The highest BCUT2D eigenvalue weighted by Crippen LogP contribution is 2.40. The molecule has 0 aromatic carbocycles. The van der Waals surface area contributed by atoms with Crippen LogP contribution in [0.1, 0.15) is 78.6 Å². The van der Waals surface area contributed by atoms with Crippen molar-refractivity contribution in [1.29, 1.82) is 0 Å². The predicted molar refractivity (Wildman–Crippen MR) is 72.8 cm³/mol. The summed E-state index contributed by atoms with van der Waals surface area (Å²) in [5.41, 5.74) is 0.650. The lowest BCUT2D eigenvalue weighted by Gasteiger charge is -2.38. The number of hydrogen-bond acceptors (Lipinski definition) is 1. The van der Waals surface area contributed by atoms with Crippen LogP contribution in [0, 0.1) is 5.41 Å². The molecule has 96 valence electrons. The van der Waals surface area contributed by atoms with E-state index in [2.05, 4.69) is 26.1 Å². The van der Waals surface area contributed by atoms with E-state index in [4.69, 9.17) is 0 Å². The summed E-state index contributed by atoms with van der Waals surface area (Å²) in [4.78, 5) is 0. The van der Waals surface area contributed by atoms with Gasteiger partial charge >= 0.3 is 0 Å². The zero-order valence-corrected chi connectivity index (χ0v) is 11.6. The quantitative estimate of drug-likeness (QED) is 0.628. The Morgan fingerprint density at radius 3 is 2.31 bits per heavy atom. The molecule has 0 spiro atoms. The second kappa shape index (κ2) is 7.32. The van der Waals surface area contributed by atoms with Gasteiger partial charge in [0.15, 0.2) is 0 Å². The summed E-state index contributed by atoms with van der Waals surface area (Å²) < 4.78 is 0. The van der Waals surface area contributed by atoms with E-state index in [0.717, 1.165) is 0 Å². The summed E-state index contributed by atoms with van der Waals surface area (Å²) in [6.07, 6.45) is 13.0. The molecule has 0 heterocycles. The molecule has 0 unspecified atom stereocenters. The molecule has 0 aliphatic heterocycles. The maximum Gasteiger partial charge on any atom is 0.00106 e. The summed E-state index contributed by atoms with van der Waals surface area (Å²) in [6.45, 7) is 8.10. The Morgan fingerprint density at radius 1 is 1.06 bits per heavy atom. The number of nitrogens with one attached hydrogen (secondary N) is 1. The minimum atomic E-state index is 0.643. The van der Waals surface area contributed by atoms with Gasteiger partial charge < -0.3 is 5.32 Å². The molecule has 0 atom stereocenters. The molecule has 0 aromatic heterocycles. The average Bonchev–Trinajstić information content (AvgIpc) is 2.28. The lowest BCUT2D eigenvalue weighted by Crippen LogP contribution is -2.39. The average molecular weight is 225 g/mol. The second-order valence-corrected chi connectivity index (χ2v) is 6.05. The fourth-order valence-electron chi connectivity index (χ4n) is 2.99. The fraction of sp³-hybridized carbons (Fsp3) is 1.00. The third-order valence-corrected chi connectivity index (χ3v) is 4.11. The first-order valence-electron chi connectivity index (χ1n) is 7.42. The van der Waals surface area contributed by atoms with Crippen molar-refractivity contribution in [2.24, 2.45) is 5.41 Å². The standard InChI is InChI=1S/C15H31N/c1-4-5-7-10-15(13-16-14(2)3)11-8-6-9-12-15/h14,16H,4-13H2,1-3H3. The zero-order chi connectivity index (χ0) is 11.9. The minimum absolute atomic E-state index is 0.643. The van der Waals surface area contributed by atoms with Gasteiger partial charge in [0.2, 0.25) is 0 Å². The number of unbranched alkanes of at least 4 members (excludes halogenated alkanes) is 2. The minimum Gasteiger partial charge on any atom is -0.314 e. The van der Waals surface area contributed by atoms with Crippen LogP contribution in [-0.2, 0) is 0 Å². The van der Waals surface area contributed by atoms with Crippen molar-refractivity contribution in [1.82, 2.24) is 5.32 Å². The van der Waals surface area contributed by atoms with Gasteiger partial charge in [0.25, 0.3) is 0 Å². The Labute approximate surface area is 102 Å². The highest BCUT2D eigenvalue weighted by atomic mass is 14.9. The van der Waals surface area contributed by atoms with Crippen molar-refractivity contribution < 1.29 is 0 Å². The van der Waals surface area contributed by atoms with Crippen LogP contribution >= 0.6 is 0 Å². The van der Waals surface area contributed by atoms with E-state index in [9.17, 15) is 0 Å². The van der Waals surface area contributed by atoms with Crippen LogP contribution in [0.4, 0.5) is 0 Å². The highest BCUT2D eigenvalue weighted by molar-refractivity contribution is 4.85. The predicted octanol–water partition coefficient (Wildman–Crippen LogP) is 4.52. The molecular weight excluding hydrogens is 194 g/mol. The molecule has 1 aliphatic rings. The maximum absolute atomic E-state index is 3.68. The van der Waals surface area contributed by atoms with Gasteiger partial charge in [-0.3, -0.25) is 0 Å². The SMILES string of the molecule is CCCCCC1(CNC(C)C)CCCCC1. The monoisotopic (exact) mass is 225 g/mol. The molecule has 0 aromatic rings. The van der Waals surface area contributed by atoms with Crippen LogP contribution < -0.4 is 5.32 Å². The third-order valence-electron chi connectivity index (χ3n) is 4.11. The first-order valence-corrected chi connectivity index (χ1v) is 7.42. The van der Waals surface area contributed by atoms with Crippen molar-refractivity contribution in [3.05, 3.63) is 0 Å². The fourth-order valence-corrected chi connectivity index (χ4v) is 2.99. The van der Waals surface area contributed by atoms with Gasteiger partial charge in [-0.2, -0.15) is 0 Å². The van der Waals surface area contributed by atoms with Crippen molar-refractivity contribution in [2.45, 2.75) is 84.6 Å². The number of hydrogen-bond donors (Lipinski definition) is 1. The van der Waals surface area contributed by atoms with Gasteiger partial charge in [-0.05, 0) is 24.7 Å². The van der Waals surface area contributed by atoms with Crippen molar-refractivity contribution >= 4 is 0 Å². The van der Waals surface area contributed by atoms with E-state index >= 15 is 0 Å². The lowest BCUT2D eigenvalue weighted by molar-refractivity contribution is 0.158. The topological polar surface area (TPSA) is 12.0 Å². The smallest absolute Gasteiger partial charge is 0.00106 e. The summed E-state index contributed by atoms with van der Waals surface area (Å²) in [5.74, 6) is 0. The van der Waals surface area contributed by atoms with E-state index in [-0.39, 0.29) is 0 Å². The Bertz CT molecular complexity index is 168. The molecule has 0 saturated heterocycles. The van der Waals surface area contributed by atoms with Gasteiger partial charge in [0.05, 0.1) is 0 Å². The Hall–Kier alpha value is -0.0400. The molecule has 0 amide bonds. The Balaban J connectivity index is 2.39. The van der Waals surface area contributed by atoms with Crippen LogP contribution in [0.2, 0.25) is 0 Å². The van der Waals surface area contributed by atoms with Crippen molar-refractivity contribution in [3.8, 4) is 0 Å². The van der Waals surface area contributed by atoms with E-state index in [0.29, 0.717) is 11.5 Å². The Morgan fingerprint density at radius 2 is 1.75 bits per heavy atom. The van der Waals surface area contributed by atoms with Gasteiger partial charge in [-0.1, -0.05) is 59.3 Å². The molecule has 1 rings (SSSR count). The van der Waals surface area contributed by atoms with Gasteiger partial charge in [-0.25, -0.2) is 0 Å². The summed E-state index contributed by atoms with van der Waals surface area (Å²) in [5, 5.41) is 3.68. The first-order chi connectivity index (χ1) is 7.68. The van der Waals surface area contributed by atoms with Gasteiger partial charge in [0.1, 0.15) is 0 Å².